The van der Waals surface area contributed by atoms with Crippen molar-refractivity contribution in [2.45, 2.75) is 26.0 Å². The van der Waals surface area contributed by atoms with Crippen molar-refractivity contribution in [3.05, 3.63) is 40.2 Å². The summed E-state index contributed by atoms with van der Waals surface area (Å²) in [5.41, 5.74) is 6.73. The molecule has 1 heterocycles. The zero-order chi connectivity index (χ0) is 14.9. The number of aryl methyl sites for hydroxylation is 1. The number of benzene rings is 1. The Labute approximate surface area is 115 Å². The number of carbonyl (C=O) groups is 1. The molecule has 6 nitrogen and oxygen atoms in total. The van der Waals surface area contributed by atoms with Crippen molar-refractivity contribution in [3.8, 4) is 0 Å². The SMILES string of the molecule is Cc1cc(=O)oc2cc(NC(=O)[C@@H](N)[C@H](C)O)ccc12. The third kappa shape index (κ3) is 2.87. The smallest absolute Gasteiger partial charge is 0.336 e. The first kappa shape index (κ1) is 14.2. The van der Waals surface area contributed by atoms with Crippen LogP contribution in [0.25, 0.3) is 11.0 Å². The molecule has 0 saturated carbocycles. The quantitative estimate of drug-likeness (QED) is 0.717. The molecule has 0 radical (unpaired) electrons. The van der Waals surface area contributed by atoms with Crippen LogP contribution < -0.4 is 16.7 Å². The Balaban J connectivity index is 2.33. The lowest BCUT2D eigenvalue weighted by Gasteiger charge is -2.14. The molecule has 0 aliphatic carbocycles. The van der Waals surface area contributed by atoms with E-state index in [1.54, 1.807) is 25.1 Å². The minimum Gasteiger partial charge on any atom is -0.423 e. The number of fused-ring (bicyclic) bond motifs is 1. The number of nitrogens with one attached hydrogen (secondary N) is 1. The van der Waals surface area contributed by atoms with Gasteiger partial charge in [0.25, 0.3) is 0 Å². The maximum Gasteiger partial charge on any atom is 0.336 e. The van der Waals surface area contributed by atoms with Crippen LogP contribution >= 0.6 is 0 Å². The molecule has 4 N–H and O–H groups in total. The van der Waals surface area contributed by atoms with E-state index < -0.39 is 23.7 Å². The average Bonchev–Trinajstić information content (AvgIpc) is 2.36. The number of hydrogen-bond donors (Lipinski definition) is 3. The fraction of sp³-hybridized carbons (Fsp3) is 0.286. The number of anilines is 1. The van der Waals surface area contributed by atoms with Crippen molar-refractivity contribution < 1.29 is 14.3 Å². The Morgan fingerprint density at radius 1 is 1.40 bits per heavy atom. The van der Waals surface area contributed by atoms with E-state index >= 15 is 0 Å². The van der Waals surface area contributed by atoms with Gasteiger partial charge >= 0.3 is 5.63 Å². The average molecular weight is 276 g/mol. The van der Waals surface area contributed by atoms with Gasteiger partial charge < -0.3 is 20.6 Å². The zero-order valence-corrected chi connectivity index (χ0v) is 11.2. The van der Waals surface area contributed by atoms with Crippen molar-refractivity contribution >= 4 is 22.6 Å². The summed E-state index contributed by atoms with van der Waals surface area (Å²) in [6.07, 6.45) is -0.948. The van der Waals surface area contributed by atoms with E-state index in [0.29, 0.717) is 11.3 Å². The fourth-order valence-corrected chi connectivity index (χ4v) is 1.85. The van der Waals surface area contributed by atoms with E-state index in [4.69, 9.17) is 10.2 Å². The van der Waals surface area contributed by atoms with Crippen molar-refractivity contribution in [2.75, 3.05) is 5.32 Å². The summed E-state index contributed by atoms with van der Waals surface area (Å²) in [5.74, 6) is -0.505. The van der Waals surface area contributed by atoms with E-state index in [9.17, 15) is 14.7 Å². The van der Waals surface area contributed by atoms with Gasteiger partial charge in [0, 0.05) is 23.2 Å². The summed E-state index contributed by atoms with van der Waals surface area (Å²) >= 11 is 0. The number of nitrogens with two attached hydrogens (primary N) is 1. The zero-order valence-electron chi connectivity index (χ0n) is 11.2. The van der Waals surface area contributed by atoms with Crippen LogP contribution in [0.1, 0.15) is 12.5 Å². The summed E-state index contributed by atoms with van der Waals surface area (Å²) in [4.78, 5) is 23.1. The van der Waals surface area contributed by atoms with Gasteiger partial charge in [-0.15, -0.1) is 0 Å². The number of carbonyl (C=O) groups excluding carboxylic acids is 1. The number of aliphatic hydroxyl groups is 1. The minimum atomic E-state index is -1.02. The van der Waals surface area contributed by atoms with Gasteiger partial charge in [-0.3, -0.25) is 4.79 Å². The Hall–Kier alpha value is -2.18. The summed E-state index contributed by atoms with van der Waals surface area (Å²) < 4.78 is 5.09. The number of hydrogen-bond acceptors (Lipinski definition) is 5. The predicted molar refractivity (Wildman–Crippen MR) is 75.5 cm³/mol. The molecule has 6 heteroatoms. The van der Waals surface area contributed by atoms with Crippen LogP contribution in [-0.4, -0.2) is 23.2 Å². The molecule has 0 spiro atoms. The molecule has 0 fully saturated rings. The Bertz CT molecular complexity index is 706. The minimum absolute atomic E-state index is 0.387. The highest BCUT2D eigenvalue weighted by atomic mass is 16.4. The van der Waals surface area contributed by atoms with Crippen molar-refractivity contribution in [3.63, 3.8) is 0 Å². The molecule has 2 aromatic rings. The van der Waals surface area contributed by atoms with E-state index in [-0.39, 0.29) is 0 Å². The predicted octanol–water partition coefficient (Wildman–Crippen LogP) is 0.748. The highest BCUT2D eigenvalue weighted by Gasteiger charge is 2.18. The molecule has 0 saturated heterocycles. The summed E-state index contributed by atoms with van der Waals surface area (Å²) in [6.45, 7) is 3.24. The Kier molecular flexibility index (Phi) is 3.87. The van der Waals surface area contributed by atoms with E-state index in [1.807, 2.05) is 0 Å². The Morgan fingerprint density at radius 2 is 2.10 bits per heavy atom. The number of aliphatic hydroxyl groups excluding tert-OH is 1. The standard InChI is InChI=1S/C14H16N2O4/c1-7-5-12(18)20-11-6-9(3-4-10(7)11)16-14(19)13(15)8(2)17/h3-6,8,13,17H,15H2,1-2H3,(H,16,19)/t8-,13-/m0/s1. The van der Waals surface area contributed by atoms with Gasteiger partial charge in [-0.1, -0.05) is 0 Å². The highest BCUT2D eigenvalue weighted by Crippen LogP contribution is 2.20. The maximum atomic E-state index is 11.7. The van der Waals surface area contributed by atoms with Gasteiger partial charge in [-0.05, 0) is 31.5 Å². The molecule has 0 aliphatic heterocycles. The molecule has 106 valence electrons. The van der Waals surface area contributed by atoms with Crippen LogP contribution in [0.15, 0.2) is 33.5 Å². The maximum absolute atomic E-state index is 11.7. The topological polar surface area (TPSA) is 106 Å². The second-order valence-electron chi connectivity index (χ2n) is 4.72. The van der Waals surface area contributed by atoms with Crippen LogP contribution in [0.3, 0.4) is 0 Å². The molecule has 2 atom stereocenters. The normalized spacial score (nSPS) is 14.0. The van der Waals surface area contributed by atoms with Gasteiger partial charge in [0.05, 0.1) is 6.10 Å². The number of amides is 1. The first-order valence-electron chi connectivity index (χ1n) is 6.17. The third-order valence-corrected chi connectivity index (χ3v) is 3.04. The lowest BCUT2D eigenvalue weighted by atomic mass is 10.1. The largest absolute Gasteiger partial charge is 0.423 e. The van der Waals surface area contributed by atoms with Crippen LogP contribution in [0.2, 0.25) is 0 Å². The lowest BCUT2D eigenvalue weighted by molar-refractivity contribution is -0.119. The second kappa shape index (κ2) is 5.44. The molecule has 0 unspecified atom stereocenters. The van der Waals surface area contributed by atoms with Gasteiger partial charge in [-0.2, -0.15) is 0 Å². The molecule has 1 aromatic heterocycles. The molecule has 0 aliphatic rings. The molecule has 2 rings (SSSR count). The lowest BCUT2D eigenvalue weighted by Crippen LogP contribution is -2.43. The van der Waals surface area contributed by atoms with Gasteiger partial charge in [-0.25, -0.2) is 4.79 Å². The molecule has 0 bridgehead atoms. The van der Waals surface area contributed by atoms with Crippen molar-refractivity contribution in [1.29, 1.82) is 0 Å². The fourth-order valence-electron chi connectivity index (χ4n) is 1.85. The van der Waals surface area contributed by atoms with E-state index in [0.717, 1.165) is 10.9 Å². The first-order chi connectivity index (χ1) is 9.38. The first-order valence-corrected chi connectivity index (χ1v) is 6.17. The monoisotopic (exact) mass is 276 g/mol. The van der Waals surface area contributed by atoms with Crippen LogP contribution in [0.4, 0.5) is 5.69 Å². The molecular weight excluding hydrogens is 260 g/mol. The summed E-state index contributed by atoms with van der Waals surface area (Å²) in [5, 5.41) is 12.6. The van der Waals surface area contributed by atoms with Crippen molar-refractivity contribution in [2.24, 2.45) is 5.73 Å². The van der Waals surface area contributed by atoms with Gasteiger partial charge in [0.2, 0.25) is 5.91 Å². The van der Waals surface area contributed by atoms with Crippen molar-refractivity contribution in [1.82, 2.24) is 0 Å². The molecule has 1 aromatic carbocycles. The van der Waals surface area contributed by atoms with Crippen LogP contribution in [0, 0.1) is 6.92 Å². The summed E-state index contributed by atoms with van der Waals surface area (Å²) in [6, 6.07) is 5.37. The van der Waals surface area contributed by atoms with E-state index in [1.165, 1.54) is 13.0 Å². The van der Waals surface area contributed by atoms with Gasteiger partial charge in [0.15, 0.2) is 0 Å². The molecule has 1 amide bonds. The van der Waals surface area contributed by atoms with Crippen LogP contribution in [-0.2, 0) is 4.79 Å². The Morgan fingerprint density at radius 3 is 2.75 bits per heavy atom. The van der Waals surface area contributed by atoms with E-state index in [2.05, 4.69) is 5.32 Å². The number of rotatable bonds is 3. The second-order valence-corrected chi connectivity index (χ2v) is 4.72. The molecule has 20 heavy (non-hydrogen) atoms. The summed E-state index contributed by atoms with van der Waals surface area (Å²) in [7, 11) is 0. The third-order valence-electron chi connectivity index (χ3n) is 3.04. The molecular formula is C14H16N2O4. The highest BCUT2D eigenvalue weighted by molar-refractivity contribution is 5.96. The van der Waals surface area contributed by atoms with Gasteiger partial charge in [0.1, 0.15) is 11.6 Å². The van der Waals surface area contributed by atoms with Crippen LogP contribution in [0.5, 0.6) is 0 Å².